The molecule has 1 aromatic rings. The van der Waals surface area contributed by atoms with E-state index in [0.29, 0.717) is 5.82 Å². The predicted molar refractivity (Wildman–Crippen MR) is 72.1 cm³/mol. The highest BCUT2D eigenvalue weighted by Gasteiger charge is 2.27. The van der Waals surface area contributed by atoms with E-state index in [1.54, 1.807) is 12.1 Å². The molecule has 0 radical (unpaired) electrons. The molecule has 0 spiro atoms. The number of methoxy groups -OCH3 is 1. The Balaban J connectivity index is 1.77. The second-order valence-electron chi connectivity index (χ2n) is 4.58. The molecule has 104 valence electrons. The molecule has 1 fully saturated rings. The molecule has 1 aliphatic carbocycles. The molecule has 1 aromatic heterocycles. The Morgan fingerprint density at radius 3 is 2.79 bits per heavy atom. The van der Waals surface area contributed by atoms with E-state index in [9.17, 15) is 4.79 Å². The van der Waals surface area contributed by atoms with Gasteiger partial charge < -0.3 is 10.1 Å². The molecule has 0 aliphatic heterocycles. The zero-order chi connectivity index (χ0) is 13.7. The molecule has 0 atom stereocenters. The van der Waals surface area contributed by atoms with Crippen LogP contribution in [0.5, 0.6) is 0 Å². The lowest BCUT2D eigenvalue weighted by Gasteiger charge is -2.19. The van der Waals surface area contributed by atoms with E-state index in [-0.39, 0.29) is 5.69 Å². The first-order valence-corrected chi connectivity index (χ1v) is 6.64. The minimum absolute atomic E-state index is 0.223. The van der Waals surface area contributed by atoms with E-state index in [4.69, 9.17) is 0 Å². The van der Waals surface area contributed by atoms with Crippen molar-refractivity contribution in [2.24, 2.45) is 0 Å². The number of hydrogen-bond acceptors (Lipinski definition) is 6. The summed E-state index contributed by atoms with van der Waals surface area (Å²) in [5.41, 5.74) is 0.223. The average molecular weight is 264 g/mol. The molecule has 0 unspecified atom stereocenters. The van der Waals surface area contributed by atoms with E-state index in [2.05, 4.69) is 32.1 Å². The van der Waals surface area contributed by atoms with E-state index < -0.39 is 5.97 Å². The summed E-state index contributed by atoms with van der Waals surface area (Å²) >= 11 is 0. The van der Waals surface area contributed by atoms with Crippen molar-refractivity contribution in [2.75, 3.05) is 32.1 Å². The van der Waals surface area contributed by atoms with Crippen LogP contribution in [0.3, 0.4) is 0 Å². The highest BCUT2D eigenvalue weighted by molar-refractivity contribution is 5.86. The Kier molecular flexibility index (Phi) is 4.68. The van der Waals surface area contributed by atoms with Gasteiger partial charge in [-0.05, 0) is 31.5 Å². The Morgan fingerprint density at radius 2 is 2.26 bits per heavy atom. The third-order valence-electron chi connectivity index (χ3n) is 3.23. The van der Waals surface area contributed by atoms with Crippen molar-refractivity contribution < 1.29 is 9.53 Å². The number of anilines is 1. The zero-order valence-electron chi connectivity index (χ0n) is 11.4. The average Bonchev–Trinajstić information content (AvgIpc) is 3.28. The van der Waals surface area contributed by atoms with Crippen LogP contribution in [0.1, 0.15) is 30.3 Å². The van der Waals surface area contributed by atoms with Crippen LogP contribution >= 0.6 is 0 Å². The van der Waals surface area contributed by atoms with Crippen LogP contribution < -0.4 is 5.32 Å². The summed E-state index contributed by atoms with van der Waals surface area (Å²) in [5.74, 6) is 0.212. The van der Waals surface area contributed by atoms with Crippen molar-refractivity contribution >= 4 is 11.8 Å². The summed E-state index contributed by atoms with van der Waals surface area (Å²) in [6.45, 7) is 5.10. The van der Waals surface area contributed by atoms with Gasteiger partial charge in [0, 0.05) is 19.1 Å². The number of ether oxygens (including phenoxy) is 1. The van der Waals surface area contributed by atoms with Crippen LogP contribution in [0, 0.1) is 0 Å². The highest BCUT2D eigenvalue weighted by atomic mass is 16.5. The maximum absolute atomic E-state index is 11.2. The van der Waals surface area contributed by atoms with E-state index >= 15 is 0 Å². The maximum Gasteiger partial charge on any atom is 0.358 e. The molecule has 1 N–H and O–H groups in total. The van der Waals surface area contributed by atoms with Gasteiger partial charge in [-0.15, -0.1) is 10.2 Å². The molecule has 19 heavy (non-hydrogen) atoms. The molecule has 0 saturated heterocycles. The summed E-state index contributed by atoms with van der Waals surface area (Å²) in [6, 6.07) is 4.13. The van der Waals surface area contributed by atoms with Gasteiger partial charge in [-0.1, -0.05) is 6.92 Å². The molecule has 1 saturated carbocycles. The van der Waals surface area contributed by atoms with Crippen LogP contribution in [0.15, 0.2) is 12.1 Å². The molecule has 6 nitrogen and oxygen atoms in total. The van der Waals surface area contributed by atoms with E-state index in [1.165, 1.54) is 20.0 Å². The van der Waals surface area contributed by atoms with Crippen LogP contribution in [0.25, 0.3) is 0 Å². The molecular formula is C13H20N4O2. The first-order chi connectivity index (χ1) is 9.24. The topological polar surface area (TPSA) is 67.4 Å². The number of rotatable bonds is 7. The minimum atomic E-state index is -0.468. The van der Waals surface area contributed by atoms with Crippen LogP contribution in [0.2, 0.25) is 0 Å². The van der Waals surface area contributed by atoms with Crippen LogP contribution in [-0.2, 0) is 4.74 Å². The summed E-state index contributed by atoms with van der Waals surface area (Å²) < 4.78 is 4.57. The third-order valence-corrected chi connectivity index (χ3v) is 3.23. The summed E-state index contributed by atoms with van der Waals surface area (Å²) in [6.07, 6.45) is 2.64. The largest absolute Gasteiger partial charge is 0.464 e. The van der Waals surface area contributed by atoms with Crippen molar-refractivity contribution in [3.8, 4) is 0 Å². The van der Waals surface area contributed by atoms with Gasteiger partial charge in [0.25, 0.3) is 0 Å². The van der Waals surface area contributed by atoms with Crippen LogP contribution in [0.4, 0.5) is 5.82 Å². The van der Waals surface area contributed by atoms with E-state index in [1.807, 2.05) is 0 Å². The van der Waals surface area contributed by atoms with Gasteiger partial charge in [0.15, 0.2) is 5.69 Å². The maximum atomic E-state index is 11.2. The molecule has 0 aromatic carbocycles. The van der Waals surface area contributed by atoms with Crippen molar-refractivity contribution in [3.05, 3.63) is 17.8 Å². The number of esters is 1. The van der Waals surface area contributed by atoms with E-state index in [0.717, 1.165) is 25.7 Å². The normalized spacial score (nSPS) is 14.5. The molecular weight excluding hydrogens is 244 g/mol. The number of carbonyl (C=O) groups excluding carboxylic acids is 1. The molecule has 6 heteroatoms. The summed E-state index contributed by atoms with van der Waals surface area (Å²) in [7, 11) is 1.33. The lowest BCUT2D eigenvalue weighted by Crippen LogP contribution is -2.31. The second-order valence-corrected chi connectivity index (χ2v) is 4.58. The summed E-state index contributed by atoms with van der Waals surface area (Å²) in [4.78, 5) is 13.7. The highest BCUT2D eigenvalue weighted by Crippen LogP contribution is 2.25. The Morgan fingerprint density at radius 1 is 1.47 bits per heavy atom. The van der Waals surface area contributed by atoms with Gasteiger partial charge in [0.05, 0.1) is 7.11 Å². The molecule has 1 aliphatic rings. The van der Waals surface area contributed by atoms with Gasteiger partial charge in [-0.3, -0.25) is 4.90 Å². The van der Waals surface area contributed by atoms with Crippen molar-refractivity contribution in [1.29, 1.82) is 0 Å². The summed E-state index contributed by atoms with van der Waals surface area (Å²) in [5, 5.41) is 11.0. The number of nitrogens with zero attached hydrogens (tertiary/aromatic N) is 3. The van der Waals surface area contributed by atoms with Gasteiger partial charge >= 0.3 is 5.97 Å². The number of nitrogens with one attached hydrogen (secondary N) is 1. The predicted octanol–water partition coefficient (Wildman–Crippen LogP) is 1.16. The lowest BCUT2D eigenvalue weighted by molar-refractivity contribution is 0.0593. The molecule has 0 amide bonds. The number of hydrogen-bond donors (Lipinski definition) is 1. The minimum Gasteiger partial charge on any atom is -0.464 e. The number of aromatic nitrogens is 2. The van der Waals surface area contributed by atoms with Crippen molar-refractivity contribution in [1.82, 2.24) is 15.1 Å². The SMILES string of the molecule is CCN(CCNc1ccc(C(=O)OC)nn1)C1CC1. The Labute approximate surface area is 113 Å². The second kappa shape index (κ2) is 6.47. The monoisotopic (exact) mass is 264 g/mol. The van der Waals surface area contributed by atoms with Gasteiger partial charge in [-0.2, -0.15) is 0 Å². The smallest absolute Gasteiger partial charge is 0.358 e. The molecule has 1 heterocycles. The van der Waals surface area contributed by atoms with Crippen LogP contribution in [-0.4, -0.2) is 53.9 Å². The lowest BCUT2D eigenvalue weighted by atomic mass is 10.4. The number of likely N-dealkylation sites (N-methyl/N-ethyl adjacent to an activating group) is 1. The first-order valence-electron chi connectivity index (χ1n) is 6.64. The Hall–Kier alpha value is -1.69. The quantitative estimate of drug-likeness (QED) is 0.745. The first kappa shape index (κ1) is 13.7. The standard InChI is InChI=1S/C13H20N4O2/c1-3-17(10-4-5-10)9-8-14-12-7-6-11(15-16-12)13(18)19-2/h6-7,10H,3-5,8-9H2,1-2H3,(H,14,16). The van der Waals surface area contributed by atoms with Gasteiger partial charge in [-0.25, -0.2) is 4.79 Å². The fourth-order valence-corrected chi connectivity index (χ4v) is 2.01. The third kappa shape index (κ3) is 3.89. The molecule has 0 bridgehead atoms. The fourth-order valence-electron chi connectivity index (χ4n) is 2.01. The molecule has 2 rings (SSSR count). The zero-order valence-corrected chi connectivity index (χ0v) is 11.4. The van der Waals surface area contributed by atoms with Crippen molar-refractivity contribution in [2.45, 2.75) is 25.8 Å². The fraction of sp³-hybridized carbons (Fsp3) is 0.615. The van der Waals surface area contributed by atoms with Crippen molar-refractivity contribution in [3.63, 3.8) is 0 Å². The Bertz CT molecular complexity index is 417. The van der Waals surface area contributed by atoms with Gasteiger partial charge in [0.1, 0.15) is 5.82 Å². The van der Waals surface area contributed by atoms with Gasteiger partial charge in [0.2, 0.25) is 0 Å². The number of carbonyl (C=O) groups is 1.